The van der Waals surface area contributed by atoms with Gasteiger partial charge in [0.2, 0.25) is 0 Å². The minimum atomic E-state index is -0.897. The summed E-state index contributed by atoms with van der Waals surface area (Å²) in [7, 11) is 0. The molecule has 0 aliphatic heterocycles. The van der Waals surface area contributed by atoms with Crippen LogP contribution >= 0.6 is 11.6 Å². The van der Waals surface area contributed by atoms with Gasteiger partial charge < -0.3 is 15.2 Å². The van der Waals surface area contributed by atoms with Crippen molar-refractivity contribution in [2.24, 2.45) is 0 Å². The van der Waals surface area contributed by atoms with Gasteiger partial charge >= 0.3 is 5.97 Å². The van der Waals surface area contributed by atoms with Crippen molar-refractivity contribution < 1.29 is 14.6 Å². The van der Waals surface area contributed by atoms with Crippen molar-refractivity contribution in [3.8, 4) is 5.75 Å². The summed E-state index contributed by atoms with van der Waals surface area (Å²) in [4.78, 5) is 10.9. The Morgan fingerprint density at radius 3 is 2.65 bits per heavy atom. The van der Waals surface area contributed by atoms with Crippen LogP contribution in [0.2, 0.25) is 5.02 Å². The number of hydrogen-bond acceptors (Lipinski definition) is 3. The Bertz CT molecular complexity index is 628. The molecular formula is C18H20ClNO3. The van der Waals surface area contributed by atoms with Crippen LogP contribution in [0.3, 0.4) is 0 Å². The minimum absolute atomic E-state index is 0.320. The van der Waals surface area contributed by atoms with Crippen molar-refractivity contribution in [2.75, 3.05) is 13.2 Å². The van der Waals surface area contributed by atoms with Gasteiger partial charge in [-0.15, -0.1) is 0 Å². The number of ether oxygens (including phenoxy) is 1. The molecule has 4 nitrogen and oxygen atoms in total. The Kier molecular flexibility index (Phi) is 6.91. The highest BCUT2D eigenvalue weighted by molar-refractivity contribution is 6.30. The highest BCUT2D eigenvalue weighted by Gasteiger charge is 2.02. The predicted octanol–water partition coefficient (Wildman–Crippen LogP) is 3.99. The van der Waals surface area contributed by atoms with Crippen molar-refractivity contribution in [1.29, 1.82) is 0 Å². The molecule has 2 aromatic rings. The summed E-state index contributed by atoms with van der Waals surface area (Å²) < 4.78 is 5.62. The lowest BCUT2D eigenvalue weighted by Crippen LogP contribution is -2.15. The summed E-state index contributed by atoms with van der Waals surface area (Å²) in [6, 6.07) is 14.3. The predicted molar refractivity (Wildman–Crippen MR) is 91.3 cm³/mol. The molecule has 2 aromatic carbocycles. The lowest BCUT2D eigenvalue weighted by molar-refractivity contribution is 0.0696. The van der Waals surface area contributed by atoms with E-state index in [9.17, 15) is 4.79 Å². The highest BCUT2D eigenvalue weighted by Crippen LogP contribution is 2.15. The smallest absolute Gasteiger partial charge is 0.335 e. The summed E-state index contributed by atoms with van der Waals surface area (Å²) in [5.41, 5.74) is 1.29. The first kappa shape index (κ1) is 17.3. The number of benzene rings is 2. The second kappa shape index (κ2) is 9.18. The summed E-state index contributed by atoms with van der Waals surface area (Å²) in [6.07, 6.45) is 1.94. The summed E-state index contributed by atoms with van der Waals surface area (Å²) in [6.45, 7) is 2.19. The normalized spacial score (nSPS) is 10.5. The maximum Gasteiger partial charge on any atom is 0.335 e. The number of carboxylic acid groups (broad SMARTS) is 1. The zero-order valence-electron chi connectivity index (χ0n) is 12.8. The Labute approximate surface area is 141 Å². The first-order valence-corrected chi connectivity index (χ1v) is 7.94. The SMILES string of the molecule is O=C(O)c1cccc(CNCCCCOc2ccc(Cl)cc2)c1. The highest BCUT2D eigenvalue weighted by atomic mass is 35.5. The van der Waals surface area contributed by atoms with Crippen LogP contribution in [0.25, 0.3) is 0 Å². The van der Waals surface area contributed by atoms with Crippen molar-refractivity contribution in [3.05, 3.63) is 64.7 Å². The van der Waals surface area contributed by atoms with Crippen LogP contribution in [0.4, 0.5) is 0 Å². The maximum absolute atomic E-state index is 10.9. The quantitative estimate of drug-likeness (QED) is 0.681. The maximum atomic E-state index is 10.9. The molecule has 0 radical (unpaired) electrons. The van der Waals surface area contributed by atoms with Crippen LogP contribution < -0.4 is 10.1 Å². The Morgan fingerprint density at radius 1 is 1.13 bits per heavy atom. The number of nitrogens with one attached hydrogen (secondary N) is 1. The van der Waals surface area contributed by atoms with Crippen molar-refractivity contribution in [2.45, 2.75) is 19.4 Å². The van der Waals surface area contributed by atoms with Gasteiger partial charge in [0.1, 0.15) is 5.75 Å². The van der Waals surface area contributed by atoms with Gasteiger partial charge in [-0.25, -0.2) is 4.79 Å². The average molecular weight is 334 g/mol. The summed E-state index contributed by atoms with van der Waals surface area (Å²) >= 11 is 5.81. The lowest BCUT2D eigenvalue weighted by Gasteiger charge is -2.07. The van der Waals surface area contributed by atoms with E-state index < -0.39 is 5.97 Å². The molecule has 0 aliphatic carbocycles. The molecule has 0 bridgehead atoms. The molecule has 122 valence electrons. The van der Waals surface area contributed by atoms with Crippen LogP contribution in [-0.4, -0.2) is 24.2 Å². The van der Waals surface area contributed by atoms with Crippen LogP contribution in [-0.2, 0) is 6.54 Å². The molecule has 0 unspecified atom stereocenters. The van der Waals surface area contributed by atoms with E-state index in [2.05, 4.69) is 5.32 Å². The van der Waals surface area contributed by atoms with E-state index in [1.807, 2.05) is 30.3 Å². The second-order valence-electron chi connectivity index (χ2n) is 5.19. The second-order valence-corrected chi connectivity index (χ2v) is 5.63. The van der Waals surface area contributed by atoms with Gasteiger partial charge in [-0.1, -0.05) is 23.7 Å². The standard InChI is InChI=1S/C18H20ClNO3/c19-16-6-8-17(9-7-16)23-11-2-1-10-20-13-14-4-3-5-15(12-14)18(21)22/h3-9,12,20H,1-2,10-11,13H2,(H,21,22). The molecule has 0 saturated carbocycles. The molecule has 0 atom stereocenters. The molecule has 0 fully saturated rings. The number of unbranched alkanes of at least 4 members (excludes halogenated alkanes) is 1. The monoisotopic (exact) mass is 333 g/mol. The number of hydrogen-bond donors (Lipinski definition) is 2. The molecule has 2 rings (SSSR count). The zero-order chi connectivity index (χ0) is 16.5. The van der Waals surface area contributed by atoms with Gasteiger partial charge in [0, 0.05) is 11.6 Å². The largest absolute Gasteiger partial charge is 0.494 e. The molecule has 5 heteroatoms. The topological polar surface area (TPSA) is 58.6 Å². The van der Waals surface area contributed by atoms with Crippen molar-refractivity contribution >= 4 is 17.6 Å². The van der Waals surface area contributed by atoms with Crippen LogP contribution in [0.15, 0.2) is 48.5 Å². The number of carboxylic acids is 1. The molecule has 0 saturated heterocycles. The summed E-state index contributed by atoms with van der Waals surface area (Å²) in [5, 5.41) is 13.0. The Morgan fingerprint density at radius 2 is 1.91 bits per heavy atom. The molecule has 0 amide bonds. The molecule has 0 heterocycles. The van der Waals surface area contributed by atoms with Gasteiger partial charge in [-0.2, -0.15) is 0 Å². The van der Waals surface area contributed by atoms with E-state index >= 15 is 0 Å². The molecule has 23 heavy (non-hydrogen) atoms. The zero-order valence-corrected chi connectivity index (χ0v) is 13.6. The Hall–Kier alpha value is -2.04. The molecule has 0 aromatic heterocycles. The first-order chi connectivity index (χ1) is 11.1. The third kappa shape index (κ3) is 6.30. The van der Waals surface area contributed by atoms with Gasteiger partial charge in [0.15, 0.2) is 0 Å². The number of carbonyl (C=O) groups is 1. The molecular weight excluding hydrogens is 314 g/mol. The Balaban J connectivity index is 1.58. The van der Waals surface area contributed by atoms with Crippen LogP contribution in [0.5, 0.6) is 5.75 Å². The van der Waals surface area contributed by atoms with Gasteiger partial charge in [-0.05, 0) is 61.3 Å². The third-order valence-electron chi connectivity index (χ3n) is 3.33. The van der Waals surface area contributed by atoms with E-state index in [0.717, 1.165) is 30.7 Å². The van der Waals surface area contributed by atoms with Crippen molar-refractivity contribution in [3.63, 3.8) is 0 Å². The third-order valence-corrected chi connectivity index (χ3v) is 3.59. The van der Waals surface area contributed by atoms with E-state index in [1.54, 1.807) is 18.2 Å². The fraction of sp³-hybridized carbons (Fsp3) is 0.278. The summed E-state index contributed by atoms with van der Waals surface area (Å²) in [5.74, 6) is -0.0703. The van der Waals surface area contributed by atoms with E-state index in [1.165, 1.54) is 0 Å². The van der Waals surface area contributed by atoms with E-state index in [4.69, 9.17) is 21.4 Å². The van der Waals surface area contributed by atoms with Gasteiger partial charge in [0.05, 0.1) is 12.2 Å². The van der Waals surface area contributed by atoms with Gasteiger partial charge in [0.25, 0.3) is 0 Å². The molecule has 0 aliphatic rings. The fourth-order valence-electron chi connectivity index (χ4n) is 2.12. The fourth-order valence-corrected chi connectivity index (χ4v) is 2.25. The first-order valence-electron chi connectivity index (χ1n) is 7.56. The lowest BCUT2D eigenvalue weighted by atomic mass is 10.1. The number of aromatic carboxylic acids is 1. The van der Waals surface area contributed by atoms with Crippen LogP contribution in [0.1, 0.15) is 28.8 Å². The number of halogens is 1. The van der Waals surface area contributed by atoms with E-state index in [-0.39, 0.29) is 0 Å². The van der Waals surface area contributed by atoms with E-state index in [0.29, 0.717) is 23.7 Å². The number of rotatable bonds is 9. The van der Waals surface area contributed by atoms with Crippen LogP contribution in [0, 0.1) is 0 Å². The minimum Gasteiger partial charge on any atom is -0.494 e. The molecule has 0 spiro atoms. The average Bonchev–Trinajstić information content (AvgIpc) is 2.56. The van der Waals surface area contributed by atoms with Gasteiger partial charge in [-0.3, -0.25) is 0 Å². The van der Waals surface area contributed by atoms with Crippen molar-refractivity contribution in [1.82, 2.24) is 5.32 Å². The molecule has 2 N–H and O–H groups in total.